The molecule has 0 aliphatic carbocycles. The van der Waals surface area contributed by atoms with E-state index in [1.54, 1.807) is 30.3 Å². The van der Waals surface area contributed by atoms with Crippen LogP contribution in [0.4, 0.5) is 4.39 Å². The molecule has 0 aliphatic rings. The molecule has 0 radical (unpaired) electrons. The third kappa shape index (κ3) is 5.97. The van der Waals surface area contributed by atoms with Crippen LogP contribution in [0.3, 0.4) is 0 Å². The number of amides is 2. The third-order valence-corrected chi connectivity index (χ3v) is 4.10. The number of hydrogen-bond donors (Lipinski definition) is 2. The topological polar surface area (TPSA) is 90.6 Å². The summed E-state index contributed by atoms with van der Waals surface area (Å²) in [6, 6.07) is 10.7. The van der Waals surface area contributed by atoms with Gasteiger partial charge in [-0.3, -0.25) is 9.59 Å². The van der Waals surface area contributed by atoms with Crippen LogP contribution in [0, 0.1) is 11.7 Å². The Labute approximate surface area is 163 Å². The van der Waals surface area contributed by atoms with E-state index in [0.717, 1.165) is 5.56 Å². The SMILES string of the molecule is COc1cc(C(=O)NCC(Cc2ccc(F)cc2)C(N)=O)ccc1OC(C)C. The molecule has 0 saturated carbocycles. The first-order valence-corrected chi connectivity index (χ1v) is 8.96. The number of methoxy groups -OCH3 is 1. The molecule has 0 heterocycles. The highest BCUT2D eigenvalue weighted by Crippen LogP contribution is 2.29. The van der Waals surface area contributed by atoms with Crippen molar-refractivity contribution >= 4 is 11.8 Å². The second kappa shape index (κ2) is 9.73. The van der Waals surface area contributed by atoms with Crippen LogP contribution in [-0.4, -0.2) is 31.6 Å². The summed E-state index contributed by atoms with van der Waals surface area (Å²) in [7, 11) is 1.50. The van der Waals surface area contributed by atoms with Gasteiger partial charge in [-0.15, -0.1) is 0 Å². The first kappa shape index (κ1) is 21.2. The lowest BCUT2D eigenvalue weighted by atomic mass is 9.98. The lowest BCUT2D eigenvalue weighted by Gasteiger charge is -2.16. The fourth-order valence-electron chi connectivity index (χ4n) is 2.66. The molecule has 0 aromatic heterocycles. The molecule has 2 aromatic carbocycles. The molecule has 1 atom stereocenters. The number of halogens is 1. The smallest absolute Gasteiger partial charge is 0.251 e. The average molecular weight is 388 g/mol. The van der Waals surface area contributed by atoms with Crippen LogP contribution in [0.15, 0.2) is 42.5 Å². The predicted molar refractivity (Wildman–Crippen MR) is 104 cm³/mol. The molecule has 0 bridgehead atoms. The van der Waals surface area contributed by atoms with E-state index < -0.39 is 11.8 Å². The summed E-state index contributed by atoms with van der Waals surface area (Å²) in [5.74, 6) is -0.881. The largest absolute Gasteiger partial charge is 0.493 e. The Bertz CT molecular complexity index is 822. The highest BCUT2D eigenvalue weighted by atomic mass is 19.1. The average Bonchev–Trinajstić information content (AvgIpc) is 2.66. The van der Waals surface area contributed by atoms with Crippen molar-refractivity contribution in [2.24, 2.45) is 11.7 Å². The molecule has 7 heteroatoms. The fraction of sp³-hybridized carbons (Fsp3) is 0.333. The maximum atomic E-state index is 13.0. The number of carbonyl (C=O) groups is 2. The molecule has 0 fully saturated rings. The van der Waals surface area contributed by atoms with Crippen LogP contribution in [0.2, 0.25) is 0 Å². The number of nitrogens with one attached hydrogen (secondary N) is 1. The maximum absolute atomic E-state index is 13.0. The van der Waals surface area contributed by atoms with Gasteiger partial charge in [0.1, 0.15) is 5.82 Å². The lowest BCUT2D eigenvalue weighted by molar-refractivity contribution is -0.121. The first-order chi connectivity index (χ1) is 13.3. The van der Waals surface area contributed by atoms with E-state index in [4.69, 9.17) is 15.2 Å². The van der Waals surface area contributed by atoms with Crippen molar-refractivity contribution in [3.63, 3.8) is 0 Å². The van der Waals surface area contributed by atoms with Gasteiger partial charge in [0.15, 0.2) is 11.5 Å². The van der Waals surface area contributed by atoms with Gasteiger partial charge in [0.25, 0.3) is 5.91 Å². The van der Waals surface area contributed by atoms with E-state index >= 15 is 0 Å². The summed E-state index contributed by atoms with van der Waals surface area (Å²) in [5, 5.41) is 2.71. The molecule has 3 N–H and O–H groups in total. The fourth-order valence-corrected chi connectivity index (χ4v) is 2.66. The van der Waals surface area contributed by atoms with Gasteiger partial charge in [0.2, 0.25) is 5.91 Å². The van der Waals surface area contributed by atoms with Crippen molar-refractivity contribution in [3.8, 4) is 11.5 Å². The summed E-state index contributed by atoms with van der Waals surface area (Å²) in [5.41, 5.74) is 6.58. The highest BCUT2D eigenvalue weighted by Gasteiger charge is 2.19. The van der Waals surface area contributed by atoms with Crippen LogP contribution < -0.4 is 20.5 Å². The Balaban J connectivity index is 2.04. The van der Waals surface area contributed by atoms with Crippen molar-refractivity contribution in [2.45, 2.75) is 26.4 Å². The minimum absolute atomic E-state index is 0.0311. The van der Waals surface area contributed by atoms with E-state index in [9.17, 15) is 14.0 Å². The second-order valence-electron chi connectivity index (χ2n) is 6.67. The molecule has 0 aliphatic heterocycles. The molecule has 0 spiro atoms. The molecular weight excluding hydrogens is 363 g/mol. The lowest BCUT2D eigenvalue weighted by Crippen LogP contribution is -2.37. The van der Waals surface area contributed by atoms with E-state index in [-0.39, 0.29) is 24.4 Å². The molecule has 2 amide bonds. The van der Waals surface area contributed by atoms with E-state index in [1.165, 1.54) is 19.2 Å². The summed E-state index contributed by atoms with van der Waals surface area (Å²) in [4.78, 5) is 24.2. The van der Waals surface area contributed by atoms with Gasteiger partial charge < -0.3 is 20.5 Å². The van der Waals surface area contributed by atoms with Crippen molar-refractivity contribution in [3.05, 3.63) is 59.4 Å². The summed E-state index contributed by atoms with van der Waals surface area (Å²) < 4.78 is 23.9. The van der Waals surface area contributed by atoms with Crippen LogP contribution in [-0.2, 0) is 11.2 Å². The molecule has 150 valence electrons. The van der Waals surface area contributed by atoms with E-state index in [1.807, 2.05) is 13.8 Å². The van der Waals surface area contributed by atoms with Crippen LogP contribution in [0.5, 0.6) is 11.5 Å². The monoisotopic (exact) mass is 388 g/mol. The molecule has 28 heavy (non-hydrogen) atoms. The summed E-state index contributed by atoms with van der Waals surface area (Å²) >= 11 is 0. The normalized spacial score (nSPS) is 11.8. The van der Waals surface area contributed by atoms with Crippen molar-refractivity contribution in [1.29, 1.82) is 0 Å². The van der Waals surface area contributed by atoms with Gasteiger partial charge >= 0.3 is 0 Å². The number of carbonyl (C=O) groups excluding carboxylic acids is 2. The molecule has 6 nitrogen and oxygen atoms in total. The summed E-state index contributed by atoms with van der Waals surface area (Å²) in [6.45, 7) is 3.86. The van der Waals surface area contributed by atoms with Gasteiger partial charge in [-0.05, 0) is 56.2 Å². The highest BCUT2D eigenvalue weighted by molar-refractivity contribution is 5.95. The minimum Gasteiger partial charge on any atom is -0.493 e. The molecule has 1 unspecified atom stereocenters. The van der Waals surface area contributed by atoms with Crippen LogP contribution in [0.25, 0.3) is 0 Å². The Kier molecular flexibility index (Phi) is 7.37. The van der Waals surface area contributed by atoms with Crippen LogP contribution >= 0.6 is 0 Å². The van der Waals surface area contributed by atoms with Crippen LogP contribution in [0.1, 0.15) is 29.8 Å². The molecular formula is C21H25FN2O4. The zero-order valence-electron chi connectivity index (χ0n) is 16.2. The Morgan fingerprint density at radius 1 is 1.11 bits per heavy atom. The third-order valence-electron chi connectivity index (χ3n) is 4.10. The zero-order chi connectivity index (χ0) is 20.7. The van der Waals surface area contributed by atoms with Gasteiger partial charge in [0.05, 0.1) is 19.1 Å². The quantitative estimate of drug-likeness (QED) is 0.691. The van der Waals surface area contributed by atoms with Gasteiger partial charge in [-0.2, -0.15) is 0 Å². The number of hydrogen-bond acceptors (Lipinski definition) is 4. The Morgan fingerprint density at radius 3 is 2.36 bits per heavy atom. The number of benzene rings is 2. The molecule has 0 saturated heterocycles. The summed E-state index contributed by atoms with van der Waals surface area (Å²) in [6.07, 6.45) is 0.275. The number of nitrogens with two attached hydrogens (primary N) is 1. The van der Waals surface area contributed by atoms with Crippen molar-refractivity contribution in [2.75, 3.05) is 13.7 Å². The Morgan fingerprint density at radius 2 is 1.79 bits per heavy atom. The molecule has 2 rings (SSSR count). The van der Waals surface area contributed by atoms with E-state index in [2.05, 4.69) is 5.32 Å². The van der Waals surface area contributed by atoms with Gasteiger partial charge in [-0.25, -0.2) is 4.39 Å². The van der Waals surface area contributed by atoms with Crippen molar-refractivity contribution in [1.82, 2.24) is 5.32 Å². The van der Waals surface area contributed by atoms with E-state index in [0.29, 0.717) is 23.5 Å². The van der Waals surface area contributed by atoms with Gasteiger partial charge in [-0.1, -0.05) is 12.1 Å². The zero-order valence-corrected chi connectivity index (χ0v) is 16.2. The number of ether oxygens (including phenoxy) is 2. The second-order valence-corrected chi connectivity index (χ2v) is 6.67. The maximum Gasteiger partial charge on any atom is 0.251 e. The molecule has 2 aromatic rings. The first-order valence-electron chi connectivity index (χ1n) is 8.96. The predicted octanol–water partition coefficient (Wildman–Crippen LogP) is 2.70. The Hall–Kier alpha value is -3.09. The number of rotatable bonds is 9. The van der Waals surface area contributed by atoms with Gasteiger partial charge in [0, 0.05) is 12.1 Å². The number of primary amides is 1. The standard InChI is InChI=1S/C21H25FN2O4/c1-13(2)28-18-9-6-15(11-19(18)27-3)21(26)24-12-16(20(23)25)10-14-4-7-17(22)8-5-14/h4-9,11,13,16H,10,12H2,1-3H3,(H2,23,25)(H,24,26). The van der Waals surface area contributed by atoms with Crippen molar-refractivity contribution < 1.29 is 23.5 Å². The minimum atomic E-state index is -0.611.